The summed E-state index contributed by atoms with van der Waals surface area (Å²) in [5.74, 6) is 0.883. The molecule has 1 amide bonds. The van der Waals surface area contributed by atoms with Crippen LogP contribution in [0.2, 0.25) is 0 Å². The van der Waals surface area contributed by atoms with Crippen LogP contribution in [0.15, 0.2) is 53.7 Å². The lowest BCUT2D eigenvalue weighted by Crippen LogP contribution is -2.43. The number of hydrogen-bond acceptors (Lipinski definition) is 6. The average Bonchev–Trinajstić information content (AvgIpc) is 3.37. The van der Waals surface area contributed by atoms with E-state index in [2.05, 4.69) is 21.3 Å². The van der Waals surface area contributed by atoms with Crippen LogP contribution in [0.4, 0.5) is 0 Å². The molecule has 1 saturated heterocycles. The minimum atomic E-state index is -0.205. The minimum absolute atomic E-state index is 0.0413. The number of fused-ring (bicyclic) bond motifs is 1. The quantitative estimate of drug-likeness (QED) is 0.498. The van der Waals surface area contributed by atoms with Gasteiger partial charge in [0.2, 0.25) is 5.91 Å². The van der Waals surface area contributed by atoms with Crippen LogP contribution in [0.3, 0.4) is 0 Å². The Bertz CT molecular complexity index is 992. The molecule has 7 nitrogen and oxygen atoms in total. The summed E-state index contributed by atoms with van der Waals surface area (Å²) in [7, 11) is 3.31. The summed E-state index contributed by atoms with van der Waals surface area (Å²) in [4.78, 5) is 23.3. The van der Waals surface area contributed by atoms with Gasteiger partial charge < -0.3 is 19.8 Å². The van der Waals surface area contributed by atoms with Crippen molar-refractivity contribution in [3.05, 3.63) is 54.1 Å². The molecule has 2 heterocycles. The standard InChI is InChI=1S/C23H28N4O3S/c1-29-12-11-24-22(28)20-13-17(31-23-25-18-8-4-5-9-19(18)26-23)15-27(20)14-16-7-3-6-10-21(16)30-2/h3-10,17,20H,11-15H2,1-2H3,(H,24,28)(H,25,26)/t17-,20+/m1/s1. The van der Waals surface area contributed by atoms with Crippen molar-refractivity contribution in [1.29, 1.82) is 0 Å². The van der Waals surface area contributed by atoms with Gasteiger partial charge in [-0.25, -0.2) is 4.98 Å². The third-order valence-corrected chi connectivity index (χ3v) is 6.58. The van der Waals surface area contributed by atoms with E-state index < -0.39 is 0 Å². The van der Waals surface area contributed by atoms with Crippen molar-refractivity contribution in [2.45, 2.75) is 29.4 Å². The monoisotopic (exact) mass is 440 g/mol. The number of likely N-dealkylation sites (tertiary alicyclic amines) is 1. The van der Waals surface area contributed by atoms with E-state index in [-0.39, 0.29) is 17.2 Å². The topological polar surface area (TPSA) is 79.5 Å². The highest BCUT2D eigenvalue weighted by Crippen LogP contribution is 2.34. The Morgan fingerprint density at radius 2 is 2.03 bits per heavy atom. The molecule has 2 N–H and O–H groups in total. The molecule has 0 saturated carbocycles. The third kappa shape index (κ3) is 5.20. The number of benzene rings is 2. The van der Waals surface area contributed by atoms with Gasteiger partial charge in [0.25, 0.3) is 0 Å². The number of thioether (sulfide) groups is 1. The van der Waals surface area contributed by atoms with E-state index in [1.165, 1.54) is 0 Å². The van der Waals surface area contributed by atoms with Crippen molar-refractivity contribution < 1.29 is 14.3 Å². The Morgan fingerprint density at radius 3 is 2.84 bits per heavy atom. The predicted molar refractivity (Wildman–Crippen MR) is 122 cm³/mol. The van der Waals surface area contributed by atoms with E-state index in [4.69, 9.17) is 14.5 Å². The maximum atomic E-state index is 12.9. The summed E-state index contributed by atoms with van der Waals surface area (Å²) in [6.45, 7) is 2.46. The number of imidazole rings is 1. The molecular weight excluding hydrogens is 412 g/mol. The SMILES string of the molecule is COCCNC(=O)[C@@H]1C[C@@H](Sc2nc3ccccc3[nH]2)CN1Cc1ccccc1OC. The molecule has 2 aromatic carbocycles. The van der Waals surface area contributed by atoms with Gasteiger partial charge in [0, 0.05) is 37.6 Å². The molecule has 0 bridgehead atoms. The summed E-state index contributed by atoms with van der Waals surface area (Å²) in [6.07, 6.45) is 0.760. The number of hydrogen-bond donors (Lipinski definition) is 2. The van der Waals surface area contributed by atoms with Crippen molar-refractivity contribution in [3.8, 4) is 5.75 Å². The first kappa shape index (κ1) is 21.7. The van der Waals surface area contributed by atoms with Crippen LogP contribution in [0.1, 0.15) is 12.0 Å². The number of nitrogens with zero attached hydrogens (tertiary/aromatic N) is 2. The van der Waals surface area contributed by atoms with E-state index in [1.54, 1.807) is 26.0 Å². The van der Waals surface area contributed by atoms with Gasteiger partial charge in [0.15, 0.2) is 5.16 Å². The van der Waals surface area contributed by atoms with Crippen molar-refractivity contribution in [2.75, 3.05) is 33.9 Å². The van der Waals surface area contributed by atoms with Crippen molar-refractivity contribution in [1.82, 2.24) is 20.2 Å². The normalized spacial score (nSPS) is 19.0. The molecule has 1 fully saturated rings. The number of H-pyrrole nitrogens is 1. The Hall–Kier alpha value is -2.55. The Labute approximate surface area is 186 Å². The highest BCUT2D eigenvalue weighted by molar-refractivity contribution is 7.99. The van der Waals surface area contributed by atoms with Crippen LogP contribution in [0, 0.1) is 0 Å². The van der Waals surface area contributed by atoms with Crippen LogP contribution < -0.4 is 10.1 Å². The zero-order valence-electron chi connectivity index (χ0n) is 17.8. The molecule has 0 unspecified atom stereocenters. The maximum absolute atomic E-state index is 12.9. The second-order valence-corrected chi connectivity index (χ2v) is 8.86. The molecular formula is C23H28N4O3S. The molecule has 1 aromatic heterocycles. The number of nitrogens with one attached hydrogen (secondary N) is 2. The molecule has 0 aliphatic carbocycles. The van der Waals surface area contributed by atoms with E-state index >= 15 is 0 Å². The van der Waals surface area contributed by atoms with Crippen molar-refractivity contribution in [3.63, 3.8) is 0 Å². The predicted octanol–water partition coefficient (Wildman–Crippen LogP) is 3.07. The number of aromatic nitrogens is 2. The van der Waals surface area contributed by atoms with E-state index in [1.807, 2.05) is 42.5 Å². The van der Waals surface area contributed by atoms with Gasteiger partial charge >= 0.3 is 0 Å². The summed E-state index contributed by atoms with van der Waals surface area (Å²) in [5.41, 5.74) is 3.07. The fourth-order valence-corrected chi connectivity index (χ4v) is 5.16. The number of carbonyl (C=O) groups is 1. The lowest BCUT2D eigenvalue weighted by Gasteiger charge is -2.24. The lowest BCUT2D eigenvalue weighted by atomic mass is 10.1. The first-order valence-electron chi connectivity index (χ1n) is 10.4. The molecule has 4 rings (SSSR count). The molecule has 1 aliphatic rings. The fraction of sp³-hybridized carbons (Fsp3) is 0.391. The van der Waals surface area contributed by atoms with Gasteiger partial charge in [-0.15, -0.1) is 0 Å². The minimum Gasteiger partial charge on any atom is -0.496 e. The molecule has 31 heavy (non-hydrogen) atoms. The Morgan fingerprint density at radius 1 is 1.23 bits per heavy atom. The van der Waals surface area contributed by atoms with Crippen LogP contribution in [0.25, 0.3) is 11.0 Å². The van der Waals surface area contributed by atoms with E-state index in [9.17, 15) is 4.79 Å². The molecule has 164 valence electrons. The average molecular weight is 441 g/mol. The molecule has 8 heteroatoms. The summed E-state index contributed by atoms with van der Waals surface area (Å²) in [5, 5.41) is 4.16. The lowest BCUT2D eigenvalue weighted by molar-refractivity contribution is -0.125. The molecule has 1 aliphatic heterocycles. The summed E-state index contributed by atoms with van der Waals surface area (Å²) < 4.78 is 10.6. The van der Waals surface area contributed by atoms with E-state index in [0.717, 1.165) is 40.5 Å². The van der Waals surface area contributed by atoms with Crippen LogP contribution in [-0.2, 0) is 16.1 Å². The summed E-state index contributed by atoms with van der Waals surface area (Å²) in [6, 6.07) is 15.8. The van der Waals surface area contributed by atoms with Crippen LogP contribution in [-0.4, -0.2) is 66.0 Å². The van der Waals surface area contributed by atoms with Gasteiger partial charge in [0.1, 0.15) is 5.75 Å². The van der Waals surface area contributed by atoms with E-state index in [0.29, 0.717) is 19.7 Å². The largest absolute Gasteiger partial charge is 0.496 e. The van der Waals surface area contributed by atoms with Crippen LogP contribution in [0.5, 0.6) is 5.75 Å². The molecule has 2 atom stereocenters. The zero-order valence-corrected chi connectivity index (χ0v) is 18.7. The van der Waals surface area contributed by atoms with Gasteiger partial charge in [0.05, 0.1) is 30.8 Å². The smallest absolute Gasteiger partial charge is 0.237 e. The third-order valence-electron chi connectivity index (χ3n) is 5.49. The second kappa shape index (κ2) is 10.2. The number of aromatic amines is 1. The number of ether oxygens (including phenoxy) is 2. The number of rotatable bonds is 9. The first-order chi connectivity index (χ1) is 15.2. The highest BCUT2D eigenvalue weighted by atomic mass is 32.2. The van der Waals surface area contributed by atoms with Crippen molar-refractivity contribution >= 4 is 28.7 Å². The highest BCUT2D eigenvalue weighted by Gasteiger charge is 2.37. The Balaban J connectivity index is 1.49. The number of methoxy groups -OCH3 is 2. The van der Waals surface area contributed by atoms with Gasteiger partial charge in [-0.05, 0) is 24.6 Å². The van der Waals surface area contributed by atoms with Crippen molar-refractivity contribution in [2.24, 2.45) is 0 Å². The second-order valence-electron chi connectivity index (χ2n) is 7.58. The van der Waals surface area contributed by atoms with Crippen LogP contribution >= 0.6 is 11.8 Å². The Kier molecular flexibility index (Phi) is 7.11. The van der Waals surface area contributed by atoms with Gasteiger partial charge in [-0.1, -0.05) is 42.1 Å². The number of para-hydroxylation sites is 3. The number of amides is 1. The number of carbonyl (C=O) groups excluding carboxylic acids is 1. The van der Waals surface area contributed by atoms with Gasteiger partial charge in [-0.2, -0.15) is 0 Å². The molecule has 0 radical (unpaired) electrons. The zero-order chi connectivity index (χ0) is 21.6. The summed E-state index contributed by atoms with van der Waals surface area (Å²) >= 11 is 1.71. The molecule has 3 aromatic rings. The fourth-order valence-electron chi connectivity index (χ4n) is 3.98. The maximum Gasteiger partial charge on any atom is 0.237 e. The molecule has 0 spiro atoms. The van der Waals surface area contributed by atoms with Gasteiger partial charge in [-0.3, -0.25) is 9.69 Å². The first-order valence-corrected chi connectivity index (χ1v) is 11.3.